The molecule has 1 aromatic carbocycles. The fourth-order valence-electron chi connectivity index (χ4n) is 3.86. The molecule has 0 atom stereocenters. The Morgan fingerprint density at radius 1 is 1.17 bits per heavy atom. The van der Waals surface area contributed by atoms with Crippen molar-refractivity contribution in [2.75, 3.05) is 31.1 Å². The Morgan fingerprint density at radius 3 is 2.69 bits per heavy atom. The minimum absolute atomic E-state index is 0.00684. The van der Waals surface area contributed by atoms with Crippen molar-refractivity contribution < 1.29 is 9.32 Å². The van der Waals surface area contributed by atoms with Gasteiger partial charge >= 0.3 is 0 Å². The average molecular weight is 391 g/mol. The van der Waals surface area contributed by atoms with Gasteiger partial charge in [-0.05, 0) is 31.9 Å². The Bertz CT molecular complexity index is 1030. The summed E-state index contributed by atoms with van der Waals surface area (Å²) in [6, 6.07) is 12.2. The van der Waals surface area contributed by atoms with Crippen molar-refractivity contribution >= 4 is 22.6 Å². The highest BCUT2D eigenvalue weighted by Crippen LogP contribution is 2.26. The summed E-state index contributed by atoms with van der Waals surface area (Å²) in [5, 5.41) is 8.12. The first-order chi connectivity index (χ1) is 14.2. The molecule has 3 aromatic rings. The molecule has 0 radical (unpaired) electrons. The van der Waals surface area contributed by atoms with Crippen molar-refractivity contribution in [1.29, 1.82) is 0 Å². The van der Waals surface area contributed by atoms with Crippen molar-refractivity contribution in [2.45, 2.75) is 32.4 Å². The number of carbonyl (C=O) groups is 1. The summed E-state index contributed by atoms with van der Waals surface area (Å²) in [5.41, 5.74) is 2.56. The van der Waals surface area contributed by atoms with Crippen LogP contribution in [0.1, 0.15) is 34.7 Å². The van der Waals surface area contributed by atoms with Gasteiger partial charge in [0.25, 0.3) is 5.91 Å². The molecule has 7 heteroatoms. The lowest BCUT2D eigenvalue weighted by molar-refractivity contribution is 0.0952. The van der Waals surface area contributed by atoms with E-state index in [1.54, 1.807) is 0 Å². The van der Waals surface area contributed by atoms with Crippen LogP contribution in [0.3, 0.4) is 0 Å². The Balaban J connectivity index is 1.34. The zero-order valence-electron chi connectivity index (χ0n) is 16.6. The van der Waals surface area contributed by atoms with Gasteiger partial charge in [0.2, 0.25) is 0 Å². The van der Waals surface area contributed by atoms with Crippen LogP contribution >= 0.6 is 0 Å². The van der Waals surface area contributed by atoms with Crippen LogP contribution in [0.5, 0.6) is 0 Å². The van der Waals surface area contributed by atoms with Gasteiger partial charge in [0.1, 0.15) is 11.6 Å². The molecule has 2 aromatic heterocycles. The number of fused-ring (bicyclic) bond motifs is 1. The number of amides is 1. The van der Waals surface area contributed by atoms with Crippen molar-refractivity contribution in [1.82, 2.24) is 20.4 Å². The number of hydrogen-bond acceptors (Lipinski definition) is 6. The maximum absolute atomic E-state index is 12.8. The summed E-state index contributed by atoms with van der Waals surface area (Å²) in [6.45, 7) is 6.29. The highest BCUT2D eigenvalue weighted by molar-refractivity contribution is 6.07. The summed E-state index contributed by atoms with van der Waals surface area (Å²) >= 11 is 0. The molecule has 0 bridgehead atoms. The van der Waals surface area contributed by atoms with Crippen molar-refractivity contribution in [3.63, 3.8) is 0 Å². The van der Waals surface area contributed by atoms with E-state index in [4.69, 9.17) is 9.51 Å². The summed E-state index contributed by atoms with van der Waals surface area (Å²) in [5.74, 6) is 1.73. The molecule has 29 heavy (non-hydrogen) atoms. The van der Waals surface area contributed by atoms with Crippen LogP contribution in [0.2, 0.25) is 0 Å². The van der Waals surface area contributed by atoms with Crippen molar-refractivity contribution in [3.05, 3.63) is 53.4 Å². The zero-order valence-corrected chi connectivity index (χ0v) is 16.6. The minimum atomic E-state index is 0.00684. The standard InChI is InChI=1S/C22H25N5O2/c1-15-12-17(25-29-15)14-26-8-10-27(11-9-26)21-13-19(22(28)23-16-6-7-16)18-4-2-3-5-20(18)24-21/h2-5,12-13,16H,6-11,14H2,1H3,(H,23,28). The van der Waals surface area contributed by atoms with Crippen LogP contribution in [0.4, 0.5) is 5.82 Å². The van der Waals surface area contributed by atoms with Gasteiger partial charge < -0.3 is 14.7 Å². The number of carbonyl (C=O) groups excluding carboxylic acids is 1. The molecule has 150 valence electrons. The lowest BCUT2D eigenvalue weighted by atomic mass is 10.1. The minimum Gasteiger partial charge on any atom is -0.361 e. The quantitative estimate of drug-likeness (QED) is 0.721. The first-order valence-electron chi connectivity index (χ1n) is 10.3. The van der Waals surface area contributed by atoms with Crippen molar-refractivity contribution in [3.8, 4) is 0 Å². The molecule has 1 aliphatic carbocycles. The van der Waals surface area contributed by atoms with Crippen LogP contribution in [-0.4, -0.2) is 53.2 Å². The molecule has 1 saturated heterocycles. The third kappa shape index (κ3) is 3.96. The van der Waals surface area contributed by atoms with Gasteiger partial charge in [-0.2, -0.15) is 0 Å². The van der Waals surface area contributed by atoms with Crippen LogP contribution in [0, 0.1) is 6.92 Å². The normalized spacial score (nSPS) is 17.6. The number of anilines is 1. The van der Waals surface area contributed by atoms with Gasteiger partial charge in [-0.15, -0.1) is 0 Å². The number of benzene rings is 1. The zero-order chi connectivity index (χ0) is 19.8. The molecule has 1 amide bonds. The maximum atomic E-state index is 12.8. The van der Waals surface area contributed by atoms with E-state index in [9.17, 15) is 4.79 Å². The Morgan fingerprint density at radius 2 is 1.97 bits per heavy atom. The number of aryl methyl sites for hydroxylation is 1. The number of pyridine rings is 1. The second-order valence-electron chi connectivity index (χ2n) is 7.98. The smallest absolute Gasteiger partial charge is 0.252 e. The molecule has 0 spiro atoms. The highest BCUT2D eigenvalue weighted by atomic mass is 16.5. The lowest BCUT2D eigenvalue weighted by Crippen LogP contribution is -2.46. The molecular formula is C22H25N5O2. The fourth-order valence-corrected chi connectivity index (χ4v) is 3.86. The first-order valence-corrected chi connectivity index (χ1v) is 10.3. The number of para-hydroxylation sites is 1. The van der Waals surface area contributed by atoms with Crippen LogP contribution in [-0.2, 0) is 6.54 Å². The molecule has 1 aliphatic heterocycles. The number of piperazine rings is 1. The predicted octanol–water partition coefficient (Wildman–Crippen LogP) is 2.75. The van der Waals surface area contributed by atoms with E-state index in [1.165, 1.54) is 0 Å². The summed E-state index contributed by atoms with van der Waals surface area (Å²) in [4.78, 5) is 22.3. The molecule has 2 fully saturated rings. The van der Waals surface area contributed by atoms with Crippen LogP contribution < -0.4 is 10.2 Å². The second-order valence-corrected chi connectivity index (χ2v) is 7.98. The van der Waals surface area contributed by atoms with E-state index in [1.807, 2.05) is 43.3 Å². The van der Waals surface area contributed by atoms with Gasteiger partial charge in [-0.1, -0.05) is 23.4 Å². The van der Waals surface area contributed by atoms with E-state index in [-0.39, 0.29) is 5.91 Å². The van der Waals surface area contributed by atoms with Crippen molar-refractivity contribution in [2.24, 2.45) is 0 Å². The largest absolute Gasteiger partial charge is 0.361 e. The monoisotopic (exact) mass is 391 g/mol. The lowest BCUT2D eigenvalue weighted by Gasteiger charge is -2.35. The van der Waals surface area contributed by atoms with E-state index in [0.29, 0.717) is 6.04 Å². The maximum Gasteiger partial charge on any atom is 0.252 e. The SMILES string of the molecule is Cc1cc(CN2CCN(c3cc(C(=O)NC4CC4)c4ccccc4n3)CC2)no1. The third-order valence-electron chi connectivity index (χ3n) is 5.62. The van der Waals surface area contributed by atoms with E-state index in [0.717, 1.165) is 79.3 Å². The molecule has 0 unspecified atom stereocenters. The van der Waals surface area contributed by atoms with Crippen LogP contribution in [0.25, 0.3) is 10.9 Å². The van der Waals surface area contributed by atoms with E-state index >= 15 is 0 Å². The third-order valence-corrected chi connectivity index (χ3v) is 5.62. The van der Waals surface area contributed by atoms with Gasteiger partial charge in [-0.25, -0.2) is 4.98 Å². The van der Waals surface area contributed by atoms with E-state index < -0.39 is 0 Å². The number of nitrogens with one attached hydrogen (secondary N) is 1. The van der Waals surface area contributed by atoms with Crippen LogP contribution in [0.15, 0.2) is 40.9 Å². The van der Waals surface area contributed by atoms with Gasteiger partial charge in [-0.3, -0.25) is 9.69 Å². The molecule has 2 aliphatic rings. The topological polar surface area (TPSA) is 74.5 Å². The Hall–Kier alpha value is -2.93. The van der Waals surface area contributed by atoms with Gasteiger partial charge in [0.15, 0.2) is 0 Å². The molecule has 3 heterocycles. The second kappa shape index (κ2) is 7.48. The number of rotatable bonds is 5. The molecule has 5 rings (SSSR count). The van der Waals surface area contributed by atoms with Gasteiger partial charge in [0.05, 0.1) is 16.8 Å². The predicted molar refractivity (Wildman–Crippen MR) is 111 cm³/mol. The average Bonchev–Trinajstić information content (AvgIpc) is 3.46. The molecule has 7 nitrogen and oxygen atoms in total. The Kier molecular flexibility index (Phi) is 4.67. The summed E-state index contributed by atoms with van der Waals surface area (Å²) in [7, 11) is 0. The van der Waals surface area contributed by atoms with E-state index in [2.05, 4.69) is 20.3 Å². The molecule has 1 saturated carbocycles. The van der Waals surface area contributed by atoms with Gasteiger partial charge in [0, 0.05) is 50.2 Å². The number of aromatic nitrogens is 2. The summed E-state index contributed by atoms with van der Waals surface area (Å²) < 4.78 is 5.17. The number of hydrogen-bond donors (Lipinski definition) is 1. The number of nitrogens with zero attached hydrogens (tertiary/aromatic N) is 4. The summed E-state index contributed by atoms with van der Waals surface area (Å²) in [6.07, 6.45) is 2.16. The molecular weight excluding hydrogens is 366 g/mol. The molecule has 1 N–H and O–H groups in total. The first kappa shape index (κ1) is 18.1. The Labute approximate surface area is 169 Å². The fraction of sp³-hybridized carbons (Fsp3) is 0.409. The highest BCUT2D eigenvalue weighted by Gasteiger charge is 2.26.